The minimum absolute atomic E-state index is 0.0176. The summed E-state index contributed by atoms with van der Waals surface area (Å²) in [5, 5.41) is 11.5. The molecular weight excluding hydrogens is 373 g/mol. The molecule has 2 bridgehead atoms. The Morgan fingerprint density at radius 2 is 1.96 bits per heavy atom. The number of hydrogen-bond acceptors (Lipinski definition) is 5. The molecule has 7 nitrogen and oxygen atoms in total. The average molecular weight is 396 g/mol. The Balaban J connectivity index is 1.57. The molecule has 4 atom stereocenters. The summed E-state index contributed by atoms with van der Waals surface area (Å²) in [6.07, 6.45) is -1.99. The van der Waals surface area contributed by atoms with Crippen molar-refractivity contribution in [2.24, 2.45) is 5.92 Å². The highest BCUT2D eigenvalue weighted by atomic mass is 19.4. The van der Waals surface area contributed by atoms with E-state index in [1.54, 1.807) is 36.2 Å². The number of aromatic nitrogens is 1. The van der Waals surface area contributed by atoms with Crippen molar-refractivity contribution in [3.8, 4) is 0 Å². The number of piperazine rings is 1. The minimum Gasteiger partial charge on any atom is -0.292 e. The molecule has 152 valence electrons. The number of fused-ring (bicyclic) bond motifs is 2. The zero-order chi connectivity index (χ0) is 20.1. The standard InChI is InChI=1S/C18H23F3N6O/c1-17(25-8-5-12(10-25)18(19,20)21)15(22)27(13-6-9-26(17)11-13)16(28)24-14-4-2-3-7-23-14/h2-4,7,12-13,22H,5-6,8-11H2,1H3,(H,23,24,28)/t12?,13-,17?/m0/s1. The second-order valence-corrected chi connectivity index (χ2v) is 7.75. The number of likely N-dealkylation sites (tertiary alicyclic amines) is 1. The highest BCUT2D eigenvalue weighted by Gasteiger charge is 2.57. The molecule has 1 aromatic rings. The maximum atomic E-state index is 13.2. The van der Waals surface area contributed by atoms with Crippen molar-refractivity contribution < 1.29 is 18.0 Å². The van der Waals surface area contributed by atoms with E-state index in [-0.39, 0.29) is 31.4 Å². The first-order valence-electron chi connectivity index (χ1n) is 9.38. The minimum atomic E-state index is -4.24. The van der Waals surface area contributed by atoms with Gasteiger partial charge in [-0.05, 0) is 31.9 Å². The Kier molecular flexibility index (Phi) is 4.58. The van der Waals surface area contributed by atoms with Crippen LogP contribution in [0.25, 0.3) is 0 Å². The molecule has 2 amide bonds. The number of carbonyl (C=O) groups is 1. The monoisotopic (exact) mass is 396 g/mol. The van der Waals surface area contributed by atoms with Gasteiger partial charge in [0.15, 0.2) is 0 Å². The number of nitrogens with one attached hydrogen (secondary N) is 2. The van der Waals surface area contributed by atoms with Crippen LogP contribution in [0.5, 0.6) is 0 Å². The lowest BCUT2D eigenvalue weighted by Crippen LogP contribution is -2.71. The Bertz CT molecular complexity index is 772. The van der Waals surface area contributed by atoms with E-state index < -0.39 is 23.8 Å². The van der Waals surface area contributed by atoms with Crippen LogP contribution in [-0.4, -0.2) is 75.6 Å². The summed E-state index contributed by atoms with van der Waals surface area (Å²) in [7, 11) is 0. The predicted octanol–water partition coefficient (Wildman–Crippen LogP) is 2.58. The first-order valence-corrected chi connectivity index (χ1v) is 9.38. The number of hydrogen-bond donors (Lipinski definition) is 2. The van der Waals surface area contributed by atoms with E-state index in [1.165, 1.54) is 4.90 Å². The number of carbonyl (C=O) groups excluding carboxylic acids is 1. The van der Waals surface area contributed by atoms with Gasteiger partial charge < -0.3 is 0 Å². The summed E-state index contributed by atoms with van der Waals surface area (Å²) in [6.45, 7) is 3.04. The van der Waals surface area contributed by atoms with Gasteiger partial charge in [0.1, 0.15) is 17.3 Å². The summed E-state index contributed by atoms with van der Waals surface area (Å²) in [6, 6.07) is 4.50. The Morgan fingerprint density at radius 1 is 1.25 bits per heavy atom. The third kappa shape index (κ3) is 3.04. The maximum absolute atomic E-state index is 13.2. The number of amides is 2. The molecule has 28 heavy (non-hydrogen) atoms. The lowest BCUT2D eigenvalue weighted by molar-refractivity contribution is -0.172. The van der Waals surface area contributed by atoms with E-state index in [0.29, 0.717) is 25.3 Å². The molecule has 0 aliphatic carbocycles. The van der Waals surface area contributed by atoms with Gasteiger partial charge in [-0.2, -0.15) is 13.2 Å². The van der Waals surface area contributed by atoms with E-state index in [9.17, 15) is 18.0 Å². The molecule has 3 saturated heterocycles. The van der Waals surface area contributed by atoms with Crippen molar-refractivity contribution in [2.75, 3.05) is 31.5 Å². The van der Waals surface area contributed by atoms with Crippen molar-refractivity contribution in [1.82, 2.24) is 19.7 Å². The topological polar surface area (TPSA) is 75.6 Å². The van der Waals surface area contributed by atoms with E-state index in [4.69, 9.17) is 5.41 Å². The molecule has 4 rings (SSSR count). The van der Waals surface area contributed by atoms with Gasteiger partial charge in [-0.25, -0.2) is 9.78 Å². The van der Waals surface area contributed by atoms with Crippen LogP contribution in [0.1, 0.15) is 19.8 Å². The third-order valence-corrected chi connectivity index (χ3v) is 6.22. The van der Waals surface area contributed by atoms with Gasteiger partial charge in [0.2, 0.25) is 0 Å². The number of nitrogens with zero attached hydrogens (tertiary/aromatic N) is 4. The van der Waals surface area contributed by atoms with Crippen LogP contribution < -0.4 is 5.32 Å². The molecule has 0 radical (unpaired) electrons. The number of amidine groups is 1. The molecule has 10 heteroatoms. The zero-order valence-corrected chi connectivity index (χ0v) is 15.5. The summed E-state index contributed by atoms with van der Waals surface area (Å²) in [5.41, 5.74) is -1.03. The summed E-state index contributed by atoms with van der Waals surface area (Å²) >= 11 is 0. The average Bonchev–Trinajstić information content (AvgIpc) is 3.30. The quantitative estimate of drug-likeness (QED) is 0.806. The van der Waals surface area contributed by atoms with E-state index in [1.807, 2.05) is 4.90 Å². The van der Waals surface area contributed by atoms with Crippen LogP contribution in [-0.2, 0) is 0 Å². The van der Waals surface area contributed by atoms with Gasteiger partial charge in [-0.1, -0.05) is 6.07 Å². The second kappa shape index (κ2) is 6.70. The number of alkyl halides is 3. The molecule has 0 spiro atoms. The van der Waals surface area contributed by atoms with Crippen LogP contribution in [0.15, 0.2) is 24.4 Å². The third-order valence-electron chi connectivity index (χ3n) is 6.22. The zero-order valence-electron chi connectivity index (χ0n) is 15.5. The van der Waals surface area contributed by atoms with Crippen molar-refractivity contribution >= 4 is 17.7 Å². The van der Waals surface area contributed by atoms with E-state index in [2.05, 4.69) is 10.3 Å². The van der Waals surface area contributed by atoms with Gasteiger partial charge in [-0.15, -0.1) is 0 Å². The van der Waals surface area contributed by atoms with Crippen LogP contribution in [0.3, 0.4) is 0 Å². The van der Waals surface area contributed by atoms with Crippen LogP contribution in [0.4, 0.5) is 23.8 Å². The second-order valence-electron chi connectivity index (χ2n) is 7.75. The summed E-state index contributed by atoms with van der Waals surface area (Å²) < 4.78 is 39.5. The molecule has 2 N–H and O–H groups in total. The van der Waals surface area contributed by atoms with Gasteiger partial charge in [0, 0.05) is 32.4 Å². The SMILES string of the molecule is CC1(N2CCC(C(F)(F)F)C2)C(=N)N(C(=O)Nc2ccccn2)[C@H]2CCN1C2. The molecule has 4 heterocycles. The first-order chi connectivity index (χ1) is 13.2. The van der Waals surface area contributed by atoms with Crippen molar-refractivity contribution in [1.29, 1.82) is 5.41 Å². The molecule has 3 aliphatic heterocycles. The van der Waals surface area contributed by atoms with Crippen molar-refractivity contribution in [3.05, 3.63) is 24.4 Å². The van der Waals surface area contributed by atoms with Crippen LogP contribution in [0, 0.1) is 11.3 Å². The van der Waals surface area contributed by atoms with Crippen molar-refractivity contribution in [3.63, 3.8) is 0 Å². The highest BCUT2D eigenvalue weighted by Crippen LogP contribution is 2.41. The number of urea groups is 1. The number of anilines is 1. The van der Waals surface area contributed by atoms with Gasteiger partial charge in [0.25, 0.3) is 0 Å². The first kappa shape index (κ1) is 19.1. The van der Waals surface area contributed by atoms with E-state index in [0.717, 1.165) is 0 Å². The normalized spacial score (nSPS) is 33.4. The fourth-order valence-electron chi connectivity index (χ4n) is 4.56. The number of rotatable bonds is 2. The van der Waals surface area contributed by atoms with Gasteiger partial charge in [-0.3, -0.25) is 25.4 Å². The number of halogens is 3. The molecule has 0 aromatic carbocycles. The van der Waals surface area contributed by atoms with Crippen LogP contribution >= 0.6 is 0 Å². The molecule has 3 fully saturated rings. The summed E-state index contributed by atoms with van der Waals surface area (Å²) in [4.78, 5) is 22.1. The van der Waals surface area contributed by atoms with Crippen molar-refractivity contribution in [2.45, 2.75) is 37.6 Å². The fraction of sp³-hybridized carbons (Fsp3) is 0.611. The predicted molar refractivity (Wildman–Crippen MR) is 96.9 cm³/mol. The molecule has 3 aliphatic rings. The highest BCUT2D eigenvalue weighted by molar-refractivity contribution is 6.06. The maximum Gasteiger partial charge on any atom is 0.393 e. The smallest absolute Gasteiger partial charge is 0.292 e. The Labute approximate surface area is 161 Å². The van der Waals surface area contributed by atoms with E-state index >= 15 is 0 Å². The lowest BCUT2D eigenvalue weighted by Gasteiger charge is -2.51. The summed E-state index contributed by atoms with van der Waals surface area (Å²) in [5.74, 6) is -0.994. The van der Waals surface area contributed by atoms with Gasteiger partial charge in [0.05, 0.1) is 12.0 Å². The van der Waals surface area contributed by atoms with Gasteiger partial charge >= 0.3 is 12.2 Å². The molecular formula is C18H23F3N6O. The Hall–Kier alpha value is -2.20. The fourth-order valence-corrected chi connectivity index (χ4v) is 4.56. The lowest BCUT2D eigenvalue weighted by atomic mass is 10.0. The largest absolute Gasteiger partial charge is 0.393 e. The van der Waals surface area contributed by atoms with Crippen LogP contribution in [0.2, 0.25) is 0 Å². The molecule has 3 unspecified atom stereocenters. The molecule has 1 aromatic heterocycles. The Morgan fingerprint density at radius 3 is 2.61 bits per heavy atom. The number of pyridine rings is 1. The molecule has 0 saturated carbocycles.